The van der Waals surface area contributed by atoms with Crippen LogP contribution in [0, 0.1) is 0 Å². The molecule has 2 N–H and O–H groups in total. The van der Waals surface area contributed by atoms with Gasteiger partial charge in [0.25, 0.3) is 0 Å². The van der Waals surface area contributed by atoms with E-state index in [0.29, 0.717) is 0 Å². The summed E-state index contributed by atoms with van der Waals surface area (Å²) in [4.78, 5) is 10.3. The predicted octanol–water partition coefficient (Wildman–Crippen LogP) is -2.12. The van der Waals surface area contributed by atoms with Crippen LogP contribution in [-0.4, -0.2) is 41.6 Å². The Bertz CT molecular complexity index is 145. The van der Waals surface area contributed by atoms with E-state index < -0.39 is 24.3 Å². The standard InChI is InChI=1S/C7H14O5/c1-4(8)5(9)3-6(12-2)7(10)11/h4-6,8-9H,3H2,1-2H3,(H,10,11)/p-1/t4?,5-,6?/m1/s1. The molecule has 0 saturated carbocycles. The van der Waals surface area contributed by atoms with Gasteiger partial charge >= 0.3 is 0 Å². The van der Waals surface area contributed by atoms with Crippen LogP contribution in [0.3, 0.4) is 0 Å². The molecular weight excluding hydrogens is 164 g/mol. The van der Waals surface area contributed by atoms with Crippen LogP contribution in [0.5, 0.6) is 0 Å². The van der Waals surface area contributed by atoms with Crippen molar-refractivity contribution >= 4 is 5.97 Å². The number of aliphatic hydroxyl groups excluding tert-OH is 2. The number of carboxylic acid groups (broad SMARTS) is 1. The molecule has 0 aliphatic heterocycles. The summed E-state index contributed by atoms with van der Waals surface area (Å²) in [5.74, 6) is -1.39. The fourth-order valence-corrected chi connectivity index (χ4v) is 0.705. The van der Waals surface area contributed by atoms with Crippen LogP contribution in [0.4, 0.5) is 0 Å². The van der Waals surface area contributed by atoms with E-state index in [0.717, 1.165) is 0 Å². The zero-order chi connectivity index (χ0) is 9.72. The van der Waals surface area contributed by atoms with Gasteiger partial charge < -0.3 is 24.9 Å². The van der Waals surface area contributed by atoms with Crippen molar-refractivity contribution in [3.05, 3.63) is 0 Å². The van der Waals surface area contributed by atoms with E-state index in [-0.39, 0.29) is 6.42 Å². The number of methoxy groups -OCH3 is 1. The monoisotopic (exact) mass is 177 g/mol. The summed E-state index contributed by atoms with van der Waals surface area (Å²) in [7, 11) is 1.20. The zero-order valence-electron chi connectivity index (χ0n) is 7.06. The molecule has 0 heterocycles. The van der Waals surface area contributed by atoms with Crippen molar-refractivity contribution in [1.29, 1.82) is 0 Å². The third-order valence-corrected chi connectivity index (χ3v) is 1.56. The number of rotatable bonds is 5. The molecule has 0 amide bonds. The Labute approximate surface area is 70.6 Å². The van der Waals surface area contributed by atoms with Gasteiger partial charge in [0.2, 0.25) is 0 Å². The summed E-state index contributed by atoms with van der Waals surface area (Å²) in [6.45, 7) is 1.37. The second-order valence-electron chi connectivity index (χ2n) is 2.59. The minimum Gasteiger partial charge on any atom is -0.547 e. The first-order valence-corrected chi connectivity index (χ1v) is 3.58. The van der Waals surface area contributed by atoms with Crippen LogP contribution in [-0.2, 0) is 9.53 Å². The maximum atomic E-state index is 10.3. The Kier molecular flexibility index (Phi) is 4.80. The van der Waals surface area contributed by atoms with Crippen LogP contribution in [0.15, 0.2) is 0 Å². The summed E-state index contributed by atoms with van der Waals surface area (Å²) < 4.78 is 4.50. The first kappa shape index (κ1) is 11.4. The summed E-state index contributed by atoms with van der Waals surface area (Å²) >= 11 is 0. The summed E-state index contributed by atoms with van der Waals surface area (Å²) in [6.07, 6.45) is -3.42. The van der Waals surface area contributed by atoms with Gasteiger partial charge in [-0.05, 0) is 6.92 Å². The highest BCUT2D eigenvalue weighted by molar-refractivity contribution is 5.69. The van der Waals surface area contributed by atoms with Crippen molar-refractivity contribution < 1.29 is 24.9 Å². The normalized spacial score (nSPS) is 18.3. The number of aliphatic hydroxyl groups is 2. The third kappa shape index (κ3) is 3.66. The molecule has 5 nitrogen and oxygen atoms in total. The molecule has 0 aromatic carbocycles. The van der Waals surface area contributed by atoms with Gasteiger partial charge in [0.15, 0.2) is 0 Å². The molecule has 5 heteroatoms. The minimum absolute atomic E-state index is 0.170. The molecular formula is C7H13O5-. The zero-order valence-corrected chi connectivity index (χ0v) is 7.06. The highest BCUT2D eigenvalue weighted by Crippen LogP contribution is 2.04. The van der Waals surface area contributed by atoms with Gasteiger partial charge in [0, 0.05) is 13.5 Å². The Morgan fingerprint density at radius 2 is 2.08 bits per heavy atom. The molecule has 0 aliphatic rings. The van der Waals surface area contributed by atoms with Gasteiger partial charge in [-0.2, -0.15) is 0 Å². The quantitative estimate of drug-likeness (QED) is 0.501. The second kappa shape index (κ2) is 5.08. The average Bonchev–Trinajstić information content (AvgIpc) is 1.98. The van der Waals surface area contributed by atoms with Crippen molar-refractivity contribution in [3.63, 3.8) is 0 Å². The number of hydrogen-bond acceptors (Lipinski definition) is 5. The van der Waals surface area contributed by atoms with E-state index in [1.165, 1.54) is 14.0 Å². The topological polar surface area (TPSA) is 89.8 Å². The Hall–Kier alpha value is -0.650. The maximum Gasteiger partial charge on any atom is 0.0990 e. The summed E-state index contributed by atoms with van der Waals surface area (Å²) in [5.41, 5.74) is 0. The van der Waals surface area contributed by atoms with E-state index in [4.69, 9.17) is 10.2 Å². The molecule has 0 spiro atoms. The summed E-state index contributed by atoms with van der Waals surface area (Å²) in [6, 6.07) is 0. The smallest absolute Gasteiger partial charge is 0.0990 e. The molecule has 0 radical (unpaired) electrons. The molecule has 12 heavy (non-hydrogen) atoms. The fourth-order valence-electron chi connectivity index (χ4n) is 0.705. The van der Waals surface area contributed by atoms with Crippen LogP contribution >= 0.6 is 0 Å². The number of carbonyl (C=O) groups is 1. The van der Waals surface area contributed by atoms with Crippen molar-refractivity contribution in [2.24, 2.45) is 0 Å². The molecule has 0 aromatic heterocycles. The van der Waals surface area contributed by atoms with Gasteiger partial charge in [0.05, 0.1) is 24.3 Å². The first-order chi connectivity index (χ1) is 5.49. The van der Waals surface area contributed by atoms with E-state index >= 15 is 0 Å². The number of carboxylic acids is 1. The minimum atomic E-state index is -1.39. The highest BCUT2D eigenvalue weighted by atomic mass is 16.5. The van der Waals surface area contributed by atoms with Crippen molar-refractivity contribution in [3.8, 4) is 0 Å². The average molecular weight is 177 g/mol. The number of ether oxygens (including phenoxy) is 1. The number of carbonyl (C=O) groups excluding carboxylic acids is 1. The van der Waals surface area contributed by atoms with E-state index in [1.807, 2.05) is 0 Å². The van der Waals surface area contributed by atoms with Gasteiger partial charge in [0.1, 0.15) is 0 Å². The Balaban J connectivity index is 3.94. The lowest BCUT2D eigenvalue weighted by Gasteiger charge is -2.21. The molecule has 2 unspecified atom stereocenters. The van der Waals surface area contributed by atoms with Crippen LogP contribution in [0.25, 0.3) is 0 Å². The molecule has 0 aromatic rings. The van der Waals surface area contributed by atoms with E-state index in [2.05, 4.69) is 4.74 Å². The Morgan fingerprint density at radius 1 is 1.58 bits per heavy atom. The first-order valence-electron chi connectivity index (χ1n) is 3.58. The highest BCUT2D eigenvalue weighted by Gasteiger charge is 2.18. The molecule has 0 rings (SSSR count). The van der Waals surface area contributed by atoms with Crippen LogP contribution in [0.1, 0.15) is 13.3 Å². The van der Waals surface area contributed by atoms with Crippen molar-refractivity contribution in [1.82, 2.24) is 0 Å². The van der Waals surface area contributed by atoms with Crippen molar-refractivity contribution in [2.45, 2.75) is 31.7 Å². The van der Waals surface area contributed by atoms with E-state index in [1.54, 1.807) is 0 Å². The van der Waals surface area contributed by atoms with Gasteiger partial charge in [-0.3, -0.25) is 0 Å². The van der Waals surface area contributed by atoms with Gasteiger partial charge in [-0.25, -0.2) is 0 Å². The lowest BCUT2D eigenvalue weighted by Crippen LogP contribution is -2.41. The molecule has 72 valence electrons. The number of hydrogen-bond donors (Lipinski definition) is 2. The molecule has 0 fully saturated rings. The molecule has 0 aliphatic carbocycles. The third-order valence-electron chi connectivity index (χ3n) is 1.56. The van der Waals surface area contributed by atoms with Crippen molar-refractivity contribution in [2.75, 3.05) is 7.11 Å². The summed E-state index contributed by atoms with van der Waals surface area (Å²) in [5, 5.41) is 28.1. The second-order valence-corrected chi connectivity index (χ2v) is 2.59. The SMILES string of the molecule is COC(C[C@@H](O)C(C)O)C(=O)[O-]. The predicted molar refractivity (Wildman–Crippen MR) is 38.1 cm³/mol. The molecule has 0 bridgehead atoms. The van der Waals surface area contributed by atoms with Gasteiger partial charge in [-0.1, -0.05) is 0 Å². The van der Waals surface area contributed by atoms with Crippen LogP contribution < -0.4 is 5.11 Å². The van der Waals surface area contributed by atoms with Gasteiger partial charge in [-0.15, -0.1) is 0 Å². The fraction of sp³-hybridized carbons (Fsp3) is 0.857. The largest absolute Gasteiger partial charge is 0.547 e. The lowest BCUT2D eigenvalue weighted by atomic mass is 10.1. The lowest BCUT2D eigenvalue weighted by molar-refractivity contribution is -0.317. The maximum absolute atomic E-state index is 10.3. The molecule has 0 saturated heterocycles. The molecule has 3 atom stereocenters. The van der Waals surface area contributed by atoms with Crippen LogP contribution in [0.2, 0.25) is 0 Å². The van der Waals surface area contributed by atoms with E-state index in [9.17, 15) is 9.90 Å². The Morgan fingerprint density at radius 3 is 2.33 bits per heavy atom. The number of aliphatic carboxylic acids is 1.